The lowest BCUT2D eigenvalue weighted by molar-refractivity contribution is -0.840. The normalized spacial score (nSPS) is 10.0. The Bertz CT molecular complexity index is 370. The third-order valence-corrected chi connectivity index (χ3v) is 1.51. The molecule has 0 bridgehead atoms. The van der Waals surface area contributed by atoms with E-state index < -0.39 is 0 Å². The van der Waals surface area contributed by atoms with Crippen LogP contribution in [0.1, 0.15) is 0 Å². The van der Waals surface area contributed by atoms with Gasteiger partial charge in [-0.2, -0.15) is 0 Å². The third kappa shape index (κ3) is 1.14. The van der Waals surface area contributed by atoms with Crippen molar-refractivity contribution in [3.05, 3.63) is 41.8 Å². The van der Waals surface area contributed by atoms with Crippen LogP contribution in [0.15, 0.2) is 41.1 Å². The first-order valence-corrected chi connectivity index (χ1v) is 3.47. The lowest BCUT2D eigenvalue weighted by Gasteiger charge is -1.89. The van der Waals surface area contributed by atoms with Gasteiger partial charge >= 0.3 is 0 Å². The van der Waals surface area contributed by atoms with E-state index in [1.165, 1.54) is 6.26 Å². The molecule has 12 heavy (non-hydrogen) atoms. The predicted molar refractivity (Wildman–Crippen MR) is 40.9 cm³/mol. The van der Waals surface area contributed by atoms with Crippen LogP contribution in [0.2, 0.25) is 0 Å². The summed E-state index contributed by atoms with van der Waals surface area (Å²) in [6.45, 7) is 0. The molecular weight excluding hydrogens is 156 g/mol. The fourth-order valence-corrected chi connectivity index (χ4v) is 0.965. The number of rotatable bonds is 1. The topological polar surface area (TPSA) is 53.0 Å². The van der Waals surface area contributed by atoms with Gasteiger partial charge in [-0.3, -0.25) is 0 Å². The van der Waals surface area contributed by atoms with Gasteiger partial charge in [-0.05, 0) is 0 Å². The lowest BCUT2D eigenvalue weighted by Crippen LogP contribution is -2.26. The summed E-state index contributed by atoms with van der Waals surface area (Å²) in [4.78, 5) is 0. The zero-order valence-corrected chi connectivity index (χ0v) is 6.18. The third-order valence-electron chi connectivity index (χ3n) is 1.51. The molecule has 1 heterocycles. The zero-order chi connectivity index (χ0) is 8.39. The Hall–Kier alpha value is -1.84. The van der Waals surface area contributed by atoms with E-state index in [-0.39, 0.29) is 5.02 Å². The van der Waals surface area contributed by atoms with Crippen molar-refractivity contribution in [2.24, 2.45) is 0 Å². The molecule has 0 aliphatic rings. The molecule has 1 aromatic heterocycles. The molecule has 0 aliphatic heterocycles. The number of aromatic nitrogens is 2. The Morgan fingerprint density at radius 1 is 1.25 bits per heavy atom. The highest BCUT2D eigenvalue weighted by Crippen LogP contribution is 2.13. The summed E-state index contributed by atoms with van der Waals surface area (Å²) in [5.41, 5.74) is 1.42. The Morgan fingerprint density at radius 3 is 2.58 bits per heavy atom. The van der Waals surface area contributed by atoms with Gasteiger partial charge in [0.1, 0.15) is 0 Å². The van der Waals surface area contributed by atoms with E-state index in [2.05, 4.69) is 9.62 Å². The second-order valence-electron chi connectivity index (χ2n) is 2.31. The van der Waals surface area contributed by atoms with E-state index in [9.17, 15) is 5.21 Å². The quantitative estimate of drug-likeness (QED) is 0.587. The average Bonchev–Trinajstić information content (AvgIpc) is 2.54. The van der Waals surface area contributed by atoms with Gasteiger partial charge in [-0.1, -0.05) is 30.3 Å². The second kappa shape index (κ2) is 2.65. The van der Waals surface area contributed by atoms with Gasteiger partial charge < -0.3 is 4.52 Å². The van der Waals surface area contributed by atoms with E-state index >= 15 is 0 Å². The van der Waals surface area contributed by atoms with Crippen LogP contribution in [0.3, 0.4) is 0 Å². The van der Waals surface area contributed by atoms with E-state index in [0.717, 1.165) is 5.56 Å². The molecule has 0 radical (unpaired) electrons. The fourth-order valence-electron chi connectivity index (χ4n) is 0.965. The first kappa shape index (κ1) is 6.84. The van der Waals surface area contributed by atoms with Crippen LogP contribution in [-0.2, 0) is 0 Å². The first-order chi connectivity index (χ1) is 5.86. The minimum Gasteiger partial charge on any atom is -0.350 e. The molecule has 1 aromatic carbocycles. The van der Waals surface area contributed by atoms with E-state index in [1.807, 2.05) is 30.3 Å². The van der Waals surface area contributed by atoms with E-state index in [0.29, 0.717) is 5.69 Å². The molecule has 0 aliphatic carbocycles. The molecule has 0 amide bonds. The van der Waals surface area contributed by atoms with Gasteiger partial charge in [0.25, 0.3) is 0 Å². The van der Waals surface area contributed by atoms with Crippen molar-refractivity contribution >= 4 is 0 Å². The monoisotopic (exact) mass is 162 g/mol. The summed E-state index contributed by atoms with van der Waals surface area (Å²) in [6, 6.07) is 9.36. The van der Waals surface area contributed by atoms with Gasteiger partial charge in [-0.25, -0.2) is 5.21 Å². The molecule has 0 atom stereocenters. The SMILES string of the molecule is [O-][n+]1nc(-c2ccccc2)co1. The summed E-state index contributed by atoms with van der Waals surface area (Å²) >= 11 is 0. The lowest BCUT2D eigenvalue weighted by atomic mass is 10.2. The molecule has 0 unspecified atom stereocenters. The standard InChI is InChI=1S/C8H6N2O2/c11-10-9-8(6-12-10)7-4-2-1-3-5-7/h1-6H. The highest BCUT2D eigenvalue weighted by molar-refractivity contribution is 5.56. The van der Waals surface area contributed by atoms with Gasteiger partial charge in [0.2, 0.25) is 0 Å². The summed E-state index contributed by atoms with van der Waals surface area (Å²) < 4.78 is 4.47. The highest BCUT2D eigenvalue weighted by Gasteiger charge is 2.04. The number of benzene rings is 1. The molecule has 2 rings (SSSR count). The fraction of sp³-hybridized carbons (Fsp3) is 0. The maximum absolute atomic E-state index is 10.5. The van der Waals surface area contributed by atoms with Crippen molar-refractivity contribution in [1.82, 2.24) is 5.10 Å². The number of hydrogen-bond donors (Lipinski definition) is 0. The summed E-state index contributed by atoms with van der Waals surface area (Å²) in [6.07, 6.45) is 1.32. The first-order valence-electron chi connectivity index (χ1n) is 3.47. The minimum atomic E-state index is 0.183. The molecule has 0 fully saturated rings. The number of hydrogen-bond acceptors (Lipinski definition) is 3. The van der Waals surface area contributed by atoms with Gasteiger partial charge in [0, 0.05) is 5.56 Å². The predicted octanol–water partition coefficient (Wildman–Crippen LogP) is 0.975. The molecule has 0 saturated heterocycles. The van der Waals surface area contributed by atoms with Crippen molar-refractivity contribution in [2.75, 3.05) is 0 Å². The van der Waals surface area contributed by atoms with Gasteiger partial charge in [-0.15, -0.1) is 0 Å². The summed E-state index contributed by atoms with van der Waals surface area (Å²) in [7, 11) is 0. The van der Waals surface area contributed by atoms with Crippen molar-refractivity contribution in [3.8, 4) is 11.3 Å². The van der Waals surface area contributed by atoms with E-state index in [4.69, 9.17) is 0 Å². The summed E-state index contributed by atoms with van der Waals surface area (Å²) in [5, 5.41) is 14.3. The smallest absolute Gasteiger partial charge is 0.178 e. The molecule has 60 valence electrons. The van der Waals surface area contributed by atoms with Crippen LogP contribution >= 0.6 is 0 Å². The highest BCUT2D eigenvalue weighted by atomic mass is 16.7. The Kier molecular flexibility index (Phi) is 1.51. The second-order valence-corrected chi connectivity index (χ2v) is 2.31. The molecule has 0 N–H and O–H groups in total. The van der Waals surface area contributed by atoms with Crippen molar-refractivity contribution in [1.29, 1.82) is 0 Å². The zero-order valence-electron chi connectivity index (χ0n) is 6.18. The molecule has 0 spiro atoms. The molecule has 2 aromatic rings. The molecule has 0 saturated carbocycles. The minimum absolute atomic E-state index is 0.183. The van der Waals surface area contributed by atoms with Crippen LogP contribution in [0.5, 0.6) is 0 Å². The van der Waals surface area contributed by atoms with Crippen molar-refractivity contribution in [3.63, 3.8) is 0 Å². The van der Waals surface area contributed by atoms with Crippen molar-refractivity contribution in [2.45, 2.75) is 0 Å². The van der Waals surface area contributed by atoms with Crippen LogP contribution in [0.4, 0.5) is 0 Å². The average molecular weight is 162 g/mol. The number of nitrogens with zero attached hydrogens (tertiary/aromatic N) is 2. The van der Waals surface area contributed by atoms with Crippen molar-refractivity contribution < 1.29 is 9.54 Å². The van der Waals surface area contributed by atoms with Crippen LogP contribution in [0, 0.1) is 5.21 Å². The van der Waals surface area contributed by atoms with Crippen LogP contribution in [-0.4, -0.2) is 5.10 Å². The molecular formula is C8H6N2O2. The summed E-state index contributed by atoms with van der Waals surface area (Å²) in [5.74, 6) is 0. The molecule has 4 nitrogen and oxygen atoms in total. The van der Waals surface area contributed by atoms with E-state index in [1.54, 1.807) is 0 Å². The van der Waals surface area contributed by atoms with Crippen LogP contribution in [0.25, 0.3) is 11.3 Å². The maximum Gasteiger partial charge on any atom is 0.178 e. The van der Waals surface area contributed by atoms with Gasteiger partial charge in [0.15, 0.2) is 10.7 Å². The van der Waals surface area contributed by atoms with Crippen LogP contribution < -0.4 is 5.02 Å². The van der Waals surface area contributed by atoms with Gasteiger partial charge in [0.05, 0.1) is 11.4 Å². The Balaban J connectivity index is 2.45. The Morgan fingerprint density at radius 2 is 2.00 bits per heavy atom. The molecule has 4 heteroatoms. The maximum atomic E-state index is 10.5. The Labute approximate surface area is 68.6 Å². The largest absolute Gasteiger partial charge is 0.350 e.